The molecule has 0 spiro atoms. The van der Waals surface area contributed by atoms with E-state index in [0.29, 0.717) is 18.7 Å². The first kappa shape index (κ1) is 17.9. The first-order valence-electron chi connectivity index (χ1n) is 9.42. The lowest BCUT2D eigenvalue weighted by Crippen LogP contribution is -2.26. The van der Waals surface area contributed by atoms with Crippen LogP contribution in [-0.4, -0.2) is 44.3 Å². The molecule has 30 heavy (non-hydrogen) atoms. The van der Waals surface area contributed by atoms with Gasteiger partial charge >= 0.3 is 6.09 Å². The molecule has 9 nitrogen and oxygen atoms in total. The number of rotatable bonds is 3. The number of hydrogen-bond acceptors (Lipinski definition) is 6. The quantitative estimate of drug-likeness (QED) is 0.480. The second-order valence-electron chi connectivity index (χ2n) is 6.91. The van der Waals surface area contributed by atoms with Gasteiger partial charge in [-0.3, -0.25) is 5.32 Å². The fourth-order valence-electron chi connectivity index (χ4n) is 3.59. The molecule has 150 valence electrons. The van der Waals surface area contributed by atoms with E-state index >= 15 is 0 Å². The molecule has 0 bridgehead atoms. The maximum absolute atomic E-state index is 10.8. The molecule has 3 N–H and O–H groups in total. The third kappa shape index (κ3) is 3.48. The molecule has 3 heterocycles. The number of carboxylic acid groups (broad SMARTS) is 1. The van der Waals surface area contributed by atoms with Gasteiger partial charge in [-0.05, 0) is 41.5 Å². The number of imidazole rings is 1. The van der Waals surface area contributed by atoms with Gasteiger partial charge in [0.15, 0.2) is 0 Å². The van der Waals surface area contributed by atoms with Gasteiger partial charge in [-0.25, -0.2) is 19.7 Å². The van der Waals surface area contributed by atoms with Crippen molar-refractivity contribution in [3.63, 3.8) is 0 Å². The number of H-pyrrole nitrogens is 1. The third-order valence-corrected chi connectivity index (χ3v) is 4.97. The van der Waals surface area contributed by atoms with Crippen LogP contribution in [-0.2, 0) is 6.54 Å². The largest absolute Gasteiger partial charge is 0.491 e. The number of nitrogens with zero attached hydrogens (tertiary/aromatic N) is 4. The third-order valence-electron chi connectivity index (χ3n) is 4.97. The Morgan fingerprint density at radius 3 is 2.87 bits per heavy atom. The molecule has 2 aromatic carbocycles. The van der Waals surface area contributed by atoms with Crippen molar-refractivity contribution >= 4 is 28.9 Å². The Kier molecular flexibility index (Phi) is 4.40. The minimum atomic E-state index is -1.16. The molecule has 1 aliphatic rings. The molecule has 0 fully saturated rings. The predicted molar refractivity (Wildman–Crippen MR) is 112 cm³/mol. The number of benzene rings is 2. The van der Waals surface area contributed by atoms with Gasteiger partial charge in [0.1, 0.15) is 24.5 Å². The van der Waals surface area contributed by atoms with Crippen molar-refractivity contribution in [2.24, 2.45) is 0 Å². The van der Waals surface area contributed by atoms with Gasteiger partial charge in [-0.2, -0.15) is 0 Å². The molecular formula is C21H18N6O3. The number of ether oxygens (including phenoxy) is 1. The molecule has 0 saturated carbocycles. The summed E-state index contributed by atoms with van der Waals surface area (Å²) in [7, 11) is 0. The maximum atomic E-state index is 10.8. The van der Waals surface area contributed by atoms with Crippen molar-refractivity contribution in [2.75, 3.05) is 23.4 Å². The number of hydrogen-bond donors (Lipinski definition) is 3. The van der Waals surface area contributed by atoms with E-state index in [4.69, 9.17) is 9.84 Å². The summed E-state index contributed by atoms with van der Waals surface area (Å²) in [5, 5.41) is 11.1. The molecular weight excluding hydrogens is 384 g/mol. The van der Waals surface area contributed by atoms with Crippen molar-refractivity contribution in [1.82, 2.24) is 19.9 Å². The van der Waals surface area contributed by atoms with Gasteiger partial charge in [0, 0.05) is 18.3 Å². The van der Waals surface area contributed by atoms with Gasteiger partial charge in [0.2, 0.25) is 5.95 Å². The molecule has 0 aliphatic carbocycles. The Morgan fingerprint density at radius 2 is 2.03 bits per heavy atom. The van der Waals surface area contributed by atoms with E-state index in [1.54, 1.807) is 12.5 Å². The molecule has 2 aromatic heterocycles. The van der Waals surface area contributed by atoms with Crippen LogP contribution in [0, 0.1) is 0 Å². The topological polar surface area (TPSA) is 116 Å². The summed E-state index contributed by atoms with van der Waals surface area (Å²) in [5.74, 6) is 1.93. The van der Waals surface area contributed by atoms with Crippen LogP contribution in [0.1, 0.15) is 5.56 Å². The van der Waals surface area contributed by atoms with Crippen molar-refractivity contribution < 1.29 is 14.6 Å². The van der Waals surface area contributed by atoms with Crippen LogP contribution in [0.15, 0.2) is 55.0 Å². The zero-order chi connectivity index (χ0) is 20.5. The number of aromatic nitrogens is 4. The summed E-state index contributed by atoms with van der Waals surface area (Å²) in [5.41, 5.74) is 4.54. The van der Waals surface area contributed by atoms with Crippen LogP contribution >= 0.6 is 0 Å². The zero-order valence-electron chi connectivity index (χ0n) is 15.9. The zero-order valence-corrected chi connectivity index (χ0v) is 15.9. The number of aromatic amines is 1. The Bertz CT molecular complexity index is 1220. The molecule has 1 aliphatic heterocycles. The summed E-state index contributed by atoms with van der Waals surface area (Å²) < 4.78 is 5.94. The van der Waals surface area contributed by atoms with E-state index in [1.807, 2.05) is 36.4 Å². The number of amides is 1. The highest BCUT2D eigenvalue weighted by Crippen LogP contribution is 2.31. The highest BCUT2D eigenvalue weighted by molar-refractivity contribution is 5.87. The lowest BCUT2D eigenvalue weighted by Gasteiger charge is -2.20. The number of anilines is 2. The van der Waals surface area contributed by atoms with Crippen LogP contribution in [0.3, 0.4) is 0 Å². The van der Waals surface area contributed by atoms with Crippen molar-refractivity contribution in [3.8, 4) is 16.9 Å². The minimum Gasteiger partial charge on any atom is -0.491 e. The lowest BCUT2D eigenvalue weighted by molar-refractivity contribution is 0.209. The Labute approximate surface area is 171 Å². The summed E-state index contributed by atoms with van der Waals surface area (Å²) in [6.07, 6.45) is 2.12. The van der Waals surface area contributed by atoms with Crippen LogP contribution < -0.4 is 15.0 Å². The molecule has 0 radical (unpaired) electrons. The van der Waals surface area contributed by atoms with Crippen LogP contribution in [0.25, 0.3) is 22.2 Å². The lowest BCUT2D eigenvalue weighted by atomic mass is 10.0. The smallest absolute Gasteiger partial charge is 0.411 e. The van der Waals surface area contributed by atoms with E-state index in [9.17, 15) is 4.79 Å². The number of nitrogens with one attached hydrogen (secondary N) is 2. The number of carbonyl (C=O) groups is 1. The second kappa shape index (κ2) is 7.36. The average Bonchev–Trinajstić information content (AvgIpc) is 3.02. The first-order valence-corrected chi connectivity index (χ1v) is 9.42. The summed E-state index contributed by atoms with van der Waals surface area (Å²) in [4.78, 5) is 28.6. The molecule has 0 unspecified atom stereocenters. The Hall–Kier alpha value is -4.14. The summed E-state index contributed by atoms with van der Waals surface area (Å²) in [6.45, 7) is 2.00. The summed E-state index contributed by atoms with van der Waals surface area (Å²) >= 11 is 0. The van der Waals surface area contributed by atoms with Crippen molar-refractivity contribution in [2.45, 2.75) is 6.54 Å². The van der Waals surface area contributed by atoms with Gasteiger partial charge in [0.05, 0.1) is 17.6 Å². The highest BCUT2D eigenvalue weighted by atomic mass is 16.5. The van der Waals surface area contributed by atoms with Crippen molar-refractivity contribution in [3.05, 3.63) is 60.6 Å². The molecule has 0 atom stereocenters. The predicted octanol–water partition coefficient (Wildman–Crippen LogP) is 3.51. The van der Waals surface area contributed by atoms with Gasteiger partial charge in [0.25, 0.3) is 0 Å². The monoisotopic (exact) mass is 402 g/mol. The van der Waals surface area contributed by atoms with Crippen LogP contribution in [0.2, 0.25) is 0 Å². The number of fused-ring (bicyclic) bond motifs is 2. The first-order chi connectivity index (χ1) is 14.7. The molecule has 1 amide bonds. The van der Waals surface area contributed by atoms with E-state index in [0.717, 1.165) is 40.3 Å². The van der Waals surface area contributed by atoms with Gasteiger partial charge in [-0.1, -0.05) is 12.1 Å². The fourth-order valence-corrected chi connectivity index (χ4v) is 3.59. The normalized spacial score (nSPS) is 13.4. The molecule has 0 saturated heterocycles. The van der Waals surface area contributed by atoms with E-state index in [-0.39, 0.29) is 5.95 Å². The average molecular weight is 402 g/mol. The van der Waals surface area contributed by atoms with Crippen LogP contribution in [0.4, 0.5) is 16.6 Å². The van der Waals surface area contributed by atoms with Gasteiger partial charge < -0.3 is 19.7 Å². The van der Waals surface area contributed by atoms with E-state index < -0.39 is 6.09 Å². The summed E-state index contributed by atoms with van der Waals surface area (Å²) in [6, 6.07) is 13.8. The van der Waals surface area contributed by atoms with Crippen LogP contribution in [0.5, 0.6) is 5.75 Å². The Balaban J connectivity index is 1.47. The molecule has 4 aromatic rings. The Morgan fingerprint density at radius 1 is 1.17 bits per heavy atom. The van der Waals surface area contributed by atoms with E-state index in [2.05, 4.69) is 36.2 Å². The van der Waals surface area contributed by atoms with Gasteiger partial charge in [-0.15, -0.1) is 0 Å². The highest BCUT2D eigenvalue weighted by Gasteiger charge is 2.17. The van der Waals surface area contributed by atoms with E-state index in [1.165, 1.54) is 0 Å². The maximum Gasteiger partial charge on any atom is 0.411 e. The molecule has 5 rings (SSSR count). The van der Waals surface area contributed by atoms with Crippen molar-refractivity contribution in [1.29, 1.82) is 0 Å². The second-order valence-corrected chi connectivity index (χ2v) is 6.91. The fraction of sp³-hybridized carbons (Fsp3) is 0.143. The minimum absolute atomic E-state index is 0.200. The molecule has 9 heteroatoms. The standard InChI is InChI=1S/C21H18N6O3/c28-21(29)26-20-24-16-3-1-14(10-17(16)25-20)13-2-4-18-15(9-13)11-27(7-8-30-18)19-5-6-22-12-23-19/h1-6,9-10,12H,7-8,11H2,(H,28,29)(H2,24,25,26). The SMILES string of the molecule is O=C(O)Nc1nc2ccc(-c3ccc4c(c3)CN(c3ccncn3)CCO4)cc2[nH]1.